The number of fused-ring (bicyclic) bond motifs is 1. The Morgan fingerprint density at radius 1 is 1.11 bits per heavy atom. The van der Waals surface area contributed by atoms with Crippen LogP contribution in [-0.4, -0.2) is 21.5 Å². The Balaban J connectivity index is 1.44. The molecule has 0 aliphatic rings. The molecular weight excluding hydrogens is 236 g/mol. The highest BCUT2D eigenvalue weighted by molar-refractivity contribution is 5.79. The van der Waals surface area contributed by atoms with Gasteiger partial charge in [-0.25, -0.2) is 4.98 Å². The van der Waals surface area contributed by atoms with Crippen LogP contribution in [0, 0.1) is 0 Å². The topological polar surface area (TPSA) is 56.5 Å². The van der Waals surface area contributed by atoms with E-state index in [1.165, 1.54) is 16.5 Å². The number of benzene rings is 1. The van der Waals surface area contributed by atoms with Crippen molar-refractivity contribution in [3.63, 3.8) is 0 Å². The molecule has 0 unspecified atom stereocenters. The molecule has 4 heteroatoms. The number of H-pyrrole nitrogens is 2. The van der Waals surface area contributed by atoms with Crippen molar-refractivity contribution in [3.8, 4) is 0 Å². The summed E-state index contributed by atoms with van der Waals surface area (Å²) in [6, 6.07) is 8.63. The average molecular weight is 254 g/mol. The summed E-state index contributed by atoms with van der Waals surface area (Å²) in [4.78, 5) is 10.5. The van der Waals surface area contributed by atoms with Crippen molar-refractivity contribution >= 4 is 10.9 Å². The first-order valence-electron chi connectivity index (χ1n) is 6.67. The predicted molar refractivity (Wildman–Crippen MR) is 76.9 cm³/mol. The van der Waals surface area contributed by atoms with E-state index in [9.17, 15) is 0 Å². The Morgan fingerprint density at radius 2 is 2.11 bits per heavy atom. The summed E-state index contributed by atoms with van der Waals surface area (Å²) in [5.41, 5.74) is 2.52. The lowest BCUT2D eigenvalue weighted by Crippen LogP contribution is -2.15. The third-order valence-corrected chi connectivity index (χ3v) is 3.27. The summed E-state index contributed by atoms with van der Waals surface area (Å²) in [6.45, 7) is 1.92. The van der Waals surface area contributed by atoms with Gasteiger partial charge in [0.25, 0.3) is 0 Å². The van der Waals surface area contributed by atoms with Crippen LogP contribution < -0.4 is 5.32 Å². The molecule has 0 atom stereocenters. The molecule has 19 heavy (non-hydrogen) atoms. The van der Waals surface area contributed by atoms with E-state index in [4.69, 9.17) is 0 Å². The number of aryl methyl sites for hydroxylation is 1. The van der Waals surface area contributed by atoms with Gasteiger partial charge in [0.1, 0.15) is 5.82 Å². The van der Waals surface area contributed by atoms with E-state index in [2.05, 4.69) is 44.5 Å². The first-order valence-corrected chi connectivity index (χ1v) is 6.67. The summed E-state index contributed by atoms with van der Waals surface area (Å²) in [6.07, 6.45) is 7.74. The zero-order valence-electron chi connectivity index (χ0n) is 10.8. The molecule has 0 amide bonds. The number of aromatic amines is 2. The molecule has 4 nitrogen and oxygen atoms in total. The minimum Gasteiger partial charge on any atom is -0.361 e. The van der Waals surface area contributed by atoms with E-state index in [0.29, 0.717) is 0 Å². The van der Waals surface area contributed by atoms with E-state index >= 15 is 0 Å². The lowest BCUT2D eigenvalue weighted by atomic mass is 10.1. The number of aromatic nitrogens is 3. The maximum absolute atomic E-state index is 4.21. The van der Waals surface area contributed by atoms with Crippen LogP contribution in [0.3, 0.4) is 0 Å². The fraction of sp³-hybridized carbons (Fsp3) is 0.267. The van der Waals surface area contributed by atoms with Crippen molar-refractivity contribution in [1.82, 2.24) is 20.3 Å². The number of rotatable bonds is 6. The normalized spacial score (nSPS) is 11.2. The number of nitrogens with one attached hydrogen (secondary N) is 3. The molecule has 0 saturated carbocycles. The first kappa shape index (κ1) is 12.0. The highest BCUT2D eigenvalue weighted by Crippen LogP contribution is 2.13. The lowest BCUT2D eigenvalue weighted by Gasteiger charge is -2.04. The Bertz CT molecular complexity index is 624. The van der Waals surface area contributed by atoms with Crippen LogP contribution in [0.4, 0.5) is 0 Å². The minimum absolute atomic E-state index is 0.916. The number of hydrogen-bond acceptors (Lipinski definition) is 2. The van der Waals surface area contributed by atoms with Crippen LogP contribution in [-0.2, 0) is 13.0 Å². The largest absolute Gasteiger partial charge is 0.361 e. The highest BCUT2D eigenvalue weighted by atomic mass is 14.9. The van der Waals surface area contributed by atoms with Gasteiger partial charge < -0.3 is 15.3 Å². The number of hydrogen-bond donors (Lipinski definition) is 3. The molecule has 98 valence electrons. The Morgan fingerprint density at radius 3 is 3.00 bits per heavy atom. The molecule has 2 aromatic heterocycles. The van der Waals surface area contributed by atoms with Crippen molar-refractivity contribution in [3.05, 3.63) is 54.2 Å². The summed E-state index contributed by atoms with van der Waals surface area (Å²) < 4.78 is 0. The van der Waals surface area contributed by atoms with Gasteiger partial charge in [-0.3, -0.25) is 0 Å². The Kier molecular flexibility index (Phi) is 3.61. The molecule has 2 heterocycles. The summed E-state index contributed by atoms with van der Waals surface area (Å²) in [5.74, 6) is 1.07. The number of nitrogens with zero attached hydrogens (tertiary/aromatic N) is 1. The molecule has 3 rings (SSSR count). The van der Waals surface area contributed by atoms with E-state index in [0.717, 1.165) is 31.8 Å². The highest BCUT2D eigenvalue weighted by Gasteiger charge is 1.98. The summed E-state index contributed by atoms with van der Waals surface area (Å²) in [7, 11) is 0. The van der Waals surface area contributed by atoms with Crippen LogP contribution in [0.2, 0.25) is 0 Å². The van der Waals surface area contributed by atoms with E-state index in [1.54, 1.807) is 6.20 Å². The summed E-state index contributed by atoms with van der Waals surface area (Å²) in [5, 5.41) is 4.74. The zero-order chi connectivity index (χ0) is 12.9. The van der Waals surface area contributed by atoms with Gasteiger partial charge in [0.15, 0.2) is 0 Å². The Hall–Kier alpha value is -2.07. The van der Waals surface area contributed by atoms with Crippen LogP contribution >= 0.6 is 0 Å². The second kappa shape index (κ2) is 5.71. The standard InChI is InChI=1S/C15H18N4/c1(2-15-18-8-9-19-15)6-16-11-12-3-4-14-13(10-12)5-7-17-14/h3-5,7-10,16-17H,1-2,6,11H2,(H,18,19). The van der Waals surface area contributed by atoms with Crippen LogP contribution in [0.15, 0.2) is 42.9 Å². The van der Waals surface area contributed by atoms with E-state index < -0.39 is 0 Å². The molecule has 0 radical (unpaired) electrons. The first-order chi connectivity index (χ1) is 9.42. The van der Waals surface area contributed by atoms with Gasteiger partial charge in [-0.15, -0.1) is 0 Å². The predicted octanol–water partition coefficient (Wildman–Crippen LogP) is 2.61. The SMILES string of the molecule is c1c[nH]c(CCCNCc2ccc3[nH]ccc3c2)n1. The van der Waals surface area contributed by atoms with E-state index in [1.807, 2.05) is 12.4 Å². The second-order valence-electron chi connectivity index (χ2n) is 4.72. The van der Waals surface area contributed by atoms with Crippen LogP contribution in [0.5, 0.6) is 0 Å². The maximum atomic E-state index is 4.21. The molecule has 0 saturated heterocycles. The molecule has 0 bridgehead atoms. The molecular formula is C15H18N4. The van der Waals surface area contributed by atoms with Gasteiger partial charge >= 0.3 is 0 Å². The fourth-order valence-electron chi connectivity index (χ4n) is 2.26. The van der Waals surface area contributed by atoms with Gasteiger partial charge in [0.2, 0.25) is 0 Å². The van der Waals surface area contributed by atoms with Crippen molar-refractivity contribution in [2.75, 3.05) is 6.54 Å². The molecule has 3 N–H and O–H groups in total. The average Bonchev–Trinajstić information content (AvgIpc) is 3.08. The molecule has 0 aliphatic carbocycles. The van der Waals surface area contributed by atoms with Gasteiger partial charge in [-0.1, -0.05) is 6.07 Å². The third kappa shape index (κ3) is 3.03. The molecule has 0 fully saturated rings. The monoisotopic (exact) mass is 254 g/mol. The van der Waals surface area contributed by atoms with Crippen molar-refractivity contribution < 1.29 is 0 Å². The maximum Gasteiger partial charge on any atom is 0.106 e. The minimum atomic E-state index is 0.916. The number of imidazole rings is 1. The van der Waals surface area contributed by atoms with Crippen molar-refractivity contribution in [2.24, 2.45) is 0 Å². The van der Waals surface area contributed by atoms with Crippen LogP contribution in [0.1, 0.15) is 17.8 Å². The molecule has 0 aliphatic heterocycles. The third-order valence-electron chi connectivity index (χ3n) is 3.27. The van der Waals surface area contributed by atoms with E-state index in [-0.39, 0.29) is 0 Å². The quantitative estimate of drug-likeness (QED) is 0.592. The van der Waals surface area contributed by atoms with Gasteiger partial charge in [0, 0.05) is 37.1 Å². The second-order valence-corrected chi connectivity index (χ2v) is 4.72. The lowest BCUT2D eigenvalue weighted by molar-refractivity contribution is 0.641. The van der Waals surface area contributed by atoms with Crippen molar-refractivity contribution in [1.29, 1.82) is 0 Å². The molecule has 1 aromatic carbocycles. The van der Waals surface area contributed by atoms with Crippen molar-refractivity contribution in [2.45, 2.75) is 19.4 Å². The van der Waals surface area contributed by atoms with Gasteiger partial charge in [-0.05, 0) is 42.1 Å². The van der Waals surface area contributed by atoms with Gasteiger partial charge in [-0.2, -0.15) is 0 Å². The zero-order valence-corrected chi connectivity index (χ0v) is 10.8. The Labute approximate surface area is 112 Å². The fourth-order valence-corrected chi connectivity index (χ4v) is 2.26. The van der Waals surface area contributed by atoms with Gasteiger partial charge in [0.05, 0.1) is 0 Å². The smallest absolute Gasteiger partial charge is 0.106 e. The van der Waals surface area contributed by atoms with Crippen LogP contribution in [0.25, 0.3) is 10.9 Å². The summed E-state index contributed by atoms with van der Waals surface area (Å²) >= 11 is 0. The molecule has 0 spiro atoms. The molecule has 3 aromatic rings.